The van der Waals surface area contributed by atoms with Crippen LogP contribution >= 0.6 is 0 Å². The van der Waals surface area contributed by atoms with Crippen molar-refractivity contribution in [3.8, 4) is 11.5 Å². The first kappa shape index (κ1) is 21.0. The Kier molecular flexibility index (Phi) is 7.35. The van der Waals surface area contributed by atoms with E-state index < -0.39 is 0 Å². The maximum Gasteiger partial charge on any atom is 0.194 e. The third kappa shape index (κ3) is 5.41. The fraction of sp³-hybridized carbons (Fsp3) is 0.524. The van der Waals surface area contributed by atoms with E-state index in [0.29, 0.717) is 13.2 Å². The number of aromatic nitrogens is 2. The molecule has 1 aromatic heterocycles. The summed E-state index contributed by atoms with van der Waals surface area (Å²) >= 11 is 0. The summed E-state index contributed by atoms with van der Waals surface area (Å²) in [6, 6.07) is 5.85. The highest BCUT2D eigenvalue weighted by Gasteiger charge is 2.25. The molecule has 0 aliphatic carbocycles. The quantitative estimate of drug-likeness (QED) is 0.565. The molecule has 0 saturated carbocycles. The topological polar surface area (TPSA) is 73.1 Å². The minimum Gasteiger partial charge on any atom is -0.497 e. The largest absolute Gasteiger partial charge is 0.497 e. The Morgan fingerprint density at radius 1 is 1.34 bits per heavy atom. The highest BCUT2D eigenvalue weighted by molar-refractivity contribution is 5.80. The first-order chi connectivity index (χ1) is 14.1. The maximum atomic E-state index is 5.96. The van der Waals surface area contributed by atoms with Gasteiger partial charge in [-0.25, -0.2) is 0 Å². The Balaban J connectivity index is 1.68. The van der Waals surface area contributed by atoms with Crippen molar-refractivity contribution in [1.29, 1.82) is 0 Å². The monoisotopic (exact) mass is 401 g/mol. The Bertz CT molecular complexity index is 820. The van der Waals surface area contributed by atoms with E-state index in [0.717, 1.165) is 54.6 Å². The van der Waals surface area contributed by atoms with Crippen LogP contribution in [0.5, 0.6) is 11.5 Å². The molecular formula is C21H31N5O3. The number of hydrogen-bond acceptors (Lipinski definition) is 5. The maximum absolute atomic E-state index is 5.96. The number of benzene rings is 1. The number of methoxy groups -OCH3 is 2. The molecule has 2 aromatic rings. The van der Waals surface area contributed by atoms with Crippen molar-refractivity contribution >= 4 is 5.96 Å². The molecule has 0 radical (unpaired) electrons. The van der Waals surface area contributed by atoms with E-state index in [4.69, 9.17) is 19.2 Å². The second kappa shape index (κ2) is 10.2. The van der Waals surface area contributed by atoms with Crippen LogP contribution in [0.1, 0.15) is 24.2 Å². The van der Waals surface area contributed by atoms with Gasteiger partial charge in [-0.05, 0) is 37.1 Å². The van der Waals surface area contributed by atoms with Crippen LogP contribution in [-0.4, -0.2) is 67.6 Å². The molecule has 0 spiro atoms. The number of rotatable bonds is 7. The molecule has 0 amide bonds. The van der Waals surface area contributed by atoms with Crippen LogP contribution in [0.4, 0.5) is 0 Å². The molecule has 8 heteroatoms. The normalized spacial score (nSPS) is 17.3. The summed E-state index contributed by atoms with van der Waals surface area (Å²) in [7, 11) is 5.28. The van der Waals surface area contributed by atoms with Gasteiger partial charge in [0.25, 0.3) is 0 Å². The Hall–Kier alpha value is -2.74. The molecule has 1 aliphatic rings. The fourth-order valence-electron chi connectivity index (χ4n) is 3.44. The fourth-order valence-corrected chi connectivity index (χ4v) is 3.44. The second-order valence-corrected chi connectivity index (χ2v) is 6.92. The molecule has 0 bridgehead atoms. The van der Waals surface area contributed by atoms with E-state index in [1.807, 2.05) is 37.6 Å². The van der Waals surface area contributed by atoms with Crippen LogP contribution in [0.3, 0.4) is 0 Å². The van der Waals surface area contributed by atoms with Gasteiger partial charge in [-0.3, -0.25) is 9.67 Å². The summed E-state index contributed by atoms with van der Waals surface area (Å²) in [5, 5.41) is 7.67. The van der Waals surface area contributed by atoms with Crippen molar-refractivity contribution in [3.05, 3.63) is 41.7 Å². The molecule has 158 valence electrons. The predicted molar refractivity (Wildman–Crippen MR) is 113 cm³/mol. The summed E-state index contributed by atoms with van der Waals surface area (Å²) in [4.78, 5) is 7.11. The summed E-state index contributed by atoms with van der Waals surface area (Å²) in [6.07, 6.45) is 4.64. The van der Waals surface area contributed by atoms with E-state index in [-0.39, 0.29) is 6.10 Å². The number of aliphatic imine (C=N–C) groups is 1. The molecular weight excluding hydrogens is 370 g/mol. The number of ether oxygens (including phenoxy) is 3. The lowest BCUT2D eigenvalue weighted by Crippen LogP contribution is -2.48. The van der Waals surface area contributed by atoms with Crippen LogP contribution in [0.2, 0.25) is 0 Å². The van der Waals surface area contributed by atoms with Gasteiger partial charge in [0.15, 0.2) is 5.96 Å². The van der Waals surface area contributed by atoms with Gasteiger partial charge in [0, 0.05) is 38.4 Å². The summed E-state index contributed by atoms with van der Waals surface area (Å²) in [5.41, 5.74) is 2.18. The Morgan fingerprint density at radius 2 is 2.21 bits per heavy atom. The van der Waals surface area contributed by atoms with Crippen LogP contribution in [-0.2, 0) is 18.2 Å². The zero-order chi connectivity index (χ0) is 20.6. The van der Waals surface area contributed by atoms with Crippen molar-refractivity contribution < 1.29 is 14.2 Å². The van der Waals surface area contributed by atoms with E-state index in [9.17, 15) is 0 Å². The van der Waals surface area contributed by atoms with Gasteiger partial charge < -0.3 is 24.4 Å². The lowest BCUT2D eigenvalue weighted by molar-refractivity contribution is -0.00803. The van der Waals surface area contributed by atoms with Crippen molar-refractivity contribution in [2.45, 2.75) is 19.4 Å². The van der Waals surface area contributed by atoms with Crippen molar-refractivity contribution in [1.82, 2.24) is 20.0 Å². The molecule has 1 aliphatic heterocycles. The van der Waals surface area contributed by atoms with Crippen LogP contribution in [0, 0.1) is 0 Å². The van der Waals surface area contributed by atoms with Crippen molar-refractivity contribution in [3.63, 3.8) is 0 Å². The van der Waals surface area contributed by atoms with E-state index in [1.165, 1.54) is 0 Å². The lowest BCUT2D eigenvalue weighted by Gasteiger charge is -2.34. The van der Waals surface area contributed by atoms with E-state index >= 15 is 0 Å². The van der Waals surface area contributed by atoms with E-state index in [1.54, 1.807) is 18.9 Å². The number of nitrogens with zero attached hydrogens (tertiary/aromatic N) is 4. The zero-order valence-corrected chi connectivity index (χ0v) is 17.7. The number of morpholine rings is 1. The highest BCUT2D eigenvalue weighted by Crippen LogP contribution is 2.25. The third-order valence-electron chi connectivity index (χ3n) is 4.93. The average molecular weight is 402 g/mol. The smallest absolute Gasteiger partial charge is 0.194 e. The molecule has 3 rings (SSSR count). The molecule has 1 fully saturated rings. The first-order valence-corrected chi connectivity index (χ1v) is 9.99. The Morgan fingerprint density at radius 3 is 2.90 bits per heavy atom. The molecule has 29 heavy (non-hydrogen) atoms. The van der Waals surface area contributed by atoms with Gasteiger partial charge in [0.1, 0.15) is 17.6 Å². The number of aryl methyl sites for hydroxylation is 1. The minimum absolute atomic E-state index is 0.000199. The molecule has 8 nitrogen and oxygen atoms in total. The van der Waals surface area contributed by atoms with Crippen LogP contribution in [0.15, 0.2) is 35.6 Å². The van der Waals surface area contributed by atoms with Gasteiger partial charge in [-0.2, -0.15) is 5.10 Å². The van der Waals surface area contributed by atoms with E-state index in [2.05, 4.69) is 22.2 Å². The number of hydrogen-bond donors (Lipinski definition) is 1. The summed E-state index contributed by atoms with van der Waals surface area (Å²) in [6.45, 7) is 5.77. The third-order valence-corrected chi connectivity index (χ3v) is 4.93. The molecule has 1 aromatic carbocycles. The number of guanidine groups is 1. The summed E-state index contributed by atoms with van der Waals surface area (Å²) in [5.74, 6) is 2.59. The lowest BCUT2D eigenvalue weighted by atomic mass is 10.1. The first-order valence-electron chi connectivity index (χ1n) is 9.99. The standard InChI is InChI=1S/C21H31N5O3/c1-5-22-21(23-9-8-16-12-18(27-3)6-7-19(16)28-4)26-10-11-29-20(15-26)17-13-24-25(2)14-17/h6-7,12-14,20H,5,8-11,15H2,1-4H3,(H,22,23). The average Bonchev–Trinajstić information content (AvgIpc) is 3.19. The minimum atomic E-state index is -0.000199. The van der Waals surface area contributed by atoms with Gasteiger partial charge in [0.05, 0.1) is 33.6 Å². The number of nitrogens with one attached hydrogen (secondary N) is 1. The van der Waals surface area contributed by atoms with Crippen molar-refractivity contribution in [2.75, 3.05) is 47.0 Å². The van der Waals surface area contributed by atoms with Gasteiger partial charge >= 0.3 is 0 Å². The summed E-state index contributed by atoms with van der Waals surface area (Å²) < 4.78 is 18.6. The highest BCUT2D eigenvalue weighted by atomic mass is 16.5. The molecule has 2 heterocycles. The van der Waals surface area contributed by atoms with Gasteiger partial charge in [-0.15, -0.1) is 0 Å². The predicted octanol–water partition coefficient (Wildman–Crippen LogP) is 2.02. The molecule has 1 atom stereocenters. The van der Waals surface area contributed by atoms with Gasteiger partial charge in [-0.1, -0.05) is 0 Å². The Labute approximate surface area is 172 Å². The van der Waals surface area contributed by atoms with Gasteiger partial charge in [0.2, 0.25) is 0 Å². The zero-order valence-electron chi connectivity index (χ0n) is 17.7. The SMILES string of the molecule is CCNC(=NCCc1cc(OC)ccc1OC)N1CCOC(c2cnn(C)c2)C1. The van der Waals surface area contributed by atoms with Crippen LogP contribution in [0.25, 0.3) is 0 Å². The molecule has 1 unspecified atom stereocenters. The molecule has 1 N–H and O–H groups in total. The second-order valence-electron chi connectivity index (χ2n) is 6.92. The van der Waals surface area contributed by atoms with Crippen LogP contribution < -0.4 is 14.8 Å². The van der Waals surface area contributed by atoms with Crippen molar-refractivity contribution in [2.24, 2.45) is 12.0 Å². The molecule has 1 saturated heterocycles.